The summed E-state index contributed by atoms with van der Waals surface area (Å²) in [6.07, 6.45) is 1.32. The van der Waals surface area contributed by atoms with Crippen molar-refractivity contribution < 1.29 is 19.1 Å². The fraction of sp³-hybridized carbons (Fsp3) is 0.250. The number of esters is 1. The van der Waals surface area contributed by atoms with Gasteiger partial charge in [0.05, 0.1) is 32.4 Å². The summed E-state index contributed by atoms with van der Waals surface area (Å²) >= 11 is 0. The fourth-order valence-electron chi connectivity index (χ4n) is 4.15. The summed E-state index contributed by atoms with van der Waals surface area (Å²) in [4.78, 5) is 28.9. The summed E-state index contributed by atoms with van der Waals surface area (Å²) in [5.41, 5.74) is 5.86. The Morgan fingerprint density at radius 1 is 1.03 bits per heavy atom. The molecule has 0 saturated carbocycles. The van der Waals surface area contributed by atoms with E-state index in [4.69, 9.17) is 14.9 Å². The third kappa shape index (κ3) is 5.55. The molecule has 36 heavy (non-hydrogen) atoms. The van der Waals surface area contributed by atoms with Crippen LogP contribution in [0.5, 0.6) is 0 Å². The van der Waals surface area contributed by atoms with Gasteiger partial charge in [-0.1, -0.05) is 36.4 Å². The van der Waals surface area contributed by atoms with Gasteiger partial charge < -0.3 is 25.1 Å². The van der Waals surface area contributed by atoms with E-state index in [0.29, 0.717) is 38.4 Å². The number of carbonyl (C=O) groups excluding carboxylic acids is 2. The van der Waals surface area contributed by atoms with Gasteiger partial charge in [0.15, 0.2) is 0 Å². The Kier molecular flexibility index (Phi) is 7.97. The Labute approximate surface area is 210 Å². The molecule has 2 N–H and O–H groups in total. The molecule has 0 aliphatic carbocycles. The minimum Gasteiger partial charge on any atom is -0.465 e. The van der Waals surface area contributed by atoms with Crippen LogP contribution >= 0.6 is 0 Å². The minimum atomic E-state index is -0.395. The Balaban J connectivity index is 1.62. The zero-order chi connectivity index (χ0) is 25.5. The van der Waals surface area contributed by atoms with Gasteiger partial charge in [0.25, 0.3) is 0 Å². The number of amides is 2. The van der Waals surface area contributed by atoms with Gasteiger partial charge in [-0.25, -0.2) is 9.59 Å². The number of rotatable bonds is 7. The molecule has 0 radical (unpaired) electrons. The number of methoxy groups -OCH3 is 1. The van der Waals surface area contributed by atoms with Crippen LogP contribution in [0.2, 0.25) is 0 Å². The average molecular weight is 487 g/mol. The van der Waals surface area contributed by atoms with Crippen LogP contribution in [0.4, 0.5) is 16.2 Å². The standard InChI is InChI=1S/C28H30N4O4/c1-30-26-17-23(7-8-24(26)18-29)21-9-11-25(12-10-21)32(28(34)31-13-15-36-16-14-31)19-20-3-5-22(6-4-20)27(33)35-2/h3-12,17-18,29-30H,13-16,19H2,1-2H3. The second-order valence-corrected chi connectivity index (χ2v) is 8.40. The van der Waals surface area contributed by atoms with Crippen molar-refractivity contribution in [3.05, 3.63) is 83.4 Å². The van der Waals surface area contributed by atoms with Crippen LogP contribution in [-0.2, 0) is 16.0 Å². The minimum absolute atomic E-state index is 0.0871. The number of anilines is 2. The topological polar surface area (TPSA) is 95.0 Å². The van der Waals surface area contributed by atoms with E-state index in [9.17, 15) is 9.59 Å². The van der Waals surface area contributed by atoms with Crippen LogP contribution in [0.1, 0.15) is 21.5 Å². The van der Waals surface area contributed by atoms with Crippen LogP contribution in [0, 0.1) is 5.41 Å². The summed E-state index contributed by atoms with van der Waals surface area (Å²) in [5.74, 6) is -0.395. The molecular formula is C28H30N4O4. The third-order valence-electron chi connectivity index (χ3n) is 6.22. The maximum Gasteiger partial charge on any atom is 0.337 e. The molecule has 3 aromatic rings. The number of nitrogens with zero attached hydrogens (tertiary/aromatic N) is 2. The highest BCUT2D eigenvalue weighted by molar-refractivity contribution is 5.93. The first-order valence-electron chi connectivity index (χ1n) is 11.8. The van der Waals surface area contributed by atoms with Crippen molar-refractivity contribution in [3.63, 3.8) is 0 Å². The predicted molar refractivity (Wildman–Crippen MR) is 141 cm³/mol. The quantitative estimate of drug-likeness (QED) is 0.375. The number of morpholine rings is 1. The first-order valence-corrected chi connectivity index (χ1v) is 11.8. The lowest BCUT2D eigenvalue weighted by atomic mass is 10.0. The van der Waals surface area contributed by atoms with Gasteiger partial charge in [-0.2, -0.15) is 0 Å². The van der Waals surface area contributed by atoms with Gasteiger partial charge in [-0.05, 0) is 47.0 Å². The molecule has 1 fully saturated rings. The molecule has 1 saturated heterocycles. The van der Waals surface area contributed by atoms with Gasteiger partial charge in [0.2, 0.25) is 0 Å². The maximum absolute atomic E-state index is 13.5. The van der Waals surface area contributed by atoms with E-state index in [-0.39, 0.29) is 6.03 Å². The van der Waals surface area contributed by atoms with Crippen molar-refractivity contribution >= 4 is 29.6 Å². The van der Waals surface area contributed by atoms with Crippen molar-refractivity contribution in [1.29, 1.82) is 5.41 Å². The first kappa shape index (κ1) is 24.9. The second-order valence-electron chi connectivity index (χ2n) is 8.40. The Morgan fingerprint density at radius 3 is 2.31 bits per heavy atom. The predicted octanol–water partition coefficient (Wildman–Crippen LogP) is 4.64. The van der Waals surface area contributed by atoms with E-state index in [0.717, 1.165) is 33.6 Å². The number of hydrogen-bond acceptors (Lipinski definition) is 6. The maximum atomic E-state index is 13.5. The molecule has 0 spiro atoms. The van der Waals surface area contributed by atoms with Gasteiger partial charge in [0.1, 0.15) is 0 Å². The number of nitrogens with one attached hydrogen (secondary N) is 2. The number of carbonyl (C=O) groups is 2. The summed E-state index contributed by atoms with van der Waals surface area (Å²) < 4.78 is 10.2. The fourth-order valence-corrected chi connectivity index (χ4v) is 4.15. The molecule has 2 amide bonds. The highest BCUT2D eigenvalue weighted by Gasteiger charge is 2.24. The monoisotopic (exact) mass is 486 g/mol. The van der Waals surface area contributed by atoms with Crippen LogP contribution in [0.15, 0.2) is 66.7 Å². The van der Waals surface area contributed by atoms with Gasteiger partial charge in [-0.3, -0.25) is 4.90 Å². The molecule has 0 atom stereocenters. The molecule has 3 aromatic carbocycles. The molecule has 0 aromatic heterocycles. The lowest BCUT2D eigenvalue weighted by Crippen LogP contribution is -2.48. The Hall–Kier alpha value is -4.17. The van der Waals surface area contributed by atoms with E-state index in [1.54, 1.807) is 21.9 Å². The van der Waals surface area contributed by atoms with E-state index >= 15 is 0 Å². The number of benzene rings is 3. The summed E-state index contributed by atoms with van der Waals surface area (Å²) in [6, 6.07) is 20.8. The molecule has 4 rings (SSSR count). The van der Waals surface area contributed by atoms with Gasteiger partial charge in [-0.15, -0.1) is 0 Å². The Morgan fingerprint density at radius 2 is 1.69 bits per heavy atom. The molecular weight excluding hydrogens is 456 g/mol. The van der Waals surface area contributed by atoms with Gasteiger partial charge >= 0.3 is 12.0 Å². The van der Waals surface area contributed by atoms with Crippen LogP contribution in [-0.4, -0.2) is 63.6 Å². The highest BCUT2D eigenvalue weighted by Crippen LogP contribution is 2.28. The van der Waals surface area contributed by atoms with Crippen molar-refractivity contribution in [2.24, 2.45) is 0 Å². The third-order valence-corrected chi connectivity index (χ3v) is 6.22. The second kappa shape index (κ2) is 11.5. The van der Waals surface area contributed by atoms with E-state index in [1.807, 2.05) is 61.6 Å². The zero-order valence-electron chi connectivity index (χ0n) is 20.5. The molecule has 8 nitrogen and oxygen atoms in total. The normalized spacial score (nSPS) is 13.1. The SMILES string of the molecule is CNc1cc(-c2ccc(N(Cc3ccc(C(=O)OC)cc3)C(=O)N3CCOCC3)cc2)ccc1C=N. The molecule has 1 aliphatic rings. The molecule has 0 unspecified atom stereocenters. The van der Waals surface area contributed by atoms with Crippen molar-refractivity contribution in [2.75, 3.05) is 50.7 Å². The number of urea groups is 1. The lowest BCUT2D eigenvalue weighted by molar-refractivity contribution is 0.0548. The molecule has 186 valence electrons. The van der Waals surface area contributed by atoms with Gasteiger partial charge in [0, 0.05) is 43.3 Å². The lowest BCUT2D eigenvalue weighted by Gasteiger charge is -2.33. The zero-order valence-corrected chi connectivity index (χ0v) is 20.5. The van der Waals surface area contributed by atoms with Crippen molar-refractivity contribution in [1.82, 2.24) is 4.90 Å². The van der Waals surface area contributed by atoms with E-state index in [2.05, 4.69) is 5.32 Å². The van der Waals surface area contributed by atoms with Crippen molar-refractivity contribution in [2.45, 2.75) is 6.54 Å². The largest absolute Gasteiger partial charge is 0.465 e. The van der Waals surface area contributed by atoms with E-state index < -0.39 is 5.97 Å². The van der Waals surface area contributed by atoms with E-state index in [1.165, 1.54) is 13.3 Å². The molecule has 1 heterocycles. The Bertz CT molecular complexity index is 1220. The smallest absolute Gasteiger partial charge is 0.337 e. The number of hydrogen-bond donors (Lipinski definition) is 2. The molecule has 0 bridgehead atoms. The summed E-state index contributed by atoms with van der Waals surface area (Å²) in [6.45, 7) is 2.48. The van der Waals surface area contributed by atoms with Crippen LogP contribution < -0.4 is 10.2 Å². The average Bonchev–Trinajstić information content (AvgIpc) is 2.95. The summed E-state index contributed by atoms with van der Waals surface area (Å²) in [7, 11) is 3.19. The van der Waals surface area contributed by atoms with Crippen molar-refractivity contribution in [3.8, 4) is 11.1 Å². The van der Waals surface area contributed by atoms with Crippen LogP contribution in [0.25, 0.3) is 11.1 Å². The number of ether oxygens (including phenoxy) is 2. The summed E-state index contributed by atoms with van der Waals surface area (Å²) in [5, 5.41) is 10.7. The first-order chi connectivity index (χ1) is 17.5. The van der Waals surface area contributed by atoms with Crippen LogP contribution in [0.3, 0.4) is 0 Å². The highest BCUT2D eigenvalue weighted by atomic mass is 16.5. The molecule has 1 aliphatic heterocycles. The molecule has 8 heteroatoms.